The van der Waals surface area contributed by atoms with E-state index in [9.17, 15) is 9.59 Å². The molecular formula is C20H22O2. The SMILES string of the molecule is CC(C)c1ccc(C(=O)c2ccc(C=O)cc2)c(C(C)C)c1. The van der Waals surface area contributed by atoms with Crippen LogP contribution in [-0.4, -0.2) is 12.1 Å². The Bertz CT molecular complexity index is 679. The first-order valence-corrected chi connectivity index (χ1v) is 7.67. The first-order valence-electron chi connectivity index (χ1n) is 7.67. The lowest BCUT2D eigenvalue weighted by Crippen LogP contribution is -2.08. The highest BCUT2D eigenvalue weighted by Crippen LogP contribution is 2.26. The minimum atomic E-state index is 0.0106. The lowest BCUT2D eigenvalue weighted by Gasteiger charge is -2.16. The molecule has 0 unspecified atom stereocenters. The van der Waals surface area contributed by atoms with Gasteiger partial charge in [-0.25, -0.2) is 0 Å². The molecule has 114 valence electrons. The molecule has 0 saturated carbocycles. The quantitative estimate of drug-likeness (QED) is 0.576. The van der Waals surface area contributed by atoms with Crippen molar-refractivity contribution in [3.05, 3.63) is 70.3 Å². The van der Waals surface area contributed by atoms with E-state index in [0.29, 0.717) is 17.0 Å². The Morgan fingerprint density at radius 2 is 1.55 bits per heavy atom. The van der Waals surface area contributed by atoms with Gasteiger partial charge in [0.15, 0.2) is 5.78 Å². The maximum absolute atomic E-state index is 12.8. The third-order valence-electron chi connectivity index (χ3n) is 3.92. The minimum Gasteiger partial charge on any atom is -0.298 e. The normalized spacial score (nSPS) is 11.0. The number of aldehydes is 1. The summed E-state index contributed by atoms with van der Waals surface area (Å²) in [6.07, 6.45) is 0.783. The maximum atomic E-state index is 12.8. The summed E-state index contributed by atoms with van der Waals surface area (Å²) >= 11 is 0. The van der Waals surface area contributed by atoms with Gasteiger partial charge in [0.2, 0.25) is 0 Å². The van der Waals surface area contributed by atoms with E-state index >= 15 is 0 Å². The topological polar surface area (TPSA) is 34.1 Å². The van der Waals surface area contributed by atoms with Crippen molar-refractivity contribution in [1.82, 2.24) is 0 Å². The molecule has 0 aromatic heterocycles. The Morgan fingerprint density at radius 3 is 2.05 bits per heavy atom. The summed E-state index contributed by atoms with van der Waals surface area (Å²) in [5, 5.41) is 0. The Hall–Kier alpha value is -2.22. The van der Waals surface area contributed by atoms with E-state index in [1.54, 1.807) is 24.3 Å². The van der Waals surface area contributed by atoms with E-state index in [2.05, 4.69) is 33.8 Å². The zero-order valence-corrected chi connectivity index (χ0v) is 13.6. The number of benzene rings is 2. The van der Waals surface area contributed by atoms with Gasteiger partial charge in [0.05, 0.1) is 0 Å². The fourth-order valence-corrected chi connectivity index (χ4v) is 2.49. The van der Waals surface area contributed by atoms with Gasteiger partial charge in [-0.15, -0.1) is 0 Å². The molecule has 0 amide bonds. The molecule has 0 heterocycles. The third kappa shape index (κ3) is 3.33. The zero-order valence-electron chi connectivity index (χ0n) is 13.6. The molecule has 0 atom stereocenters. The molecule has 2 aromatic rings. The van der Waals surface area contributed by atoms with Crippen LogP contribution in [0.4, 0.5) is 0 Å². The molecule has 2 aromatic carbocycles. The summed E-state index contributed by atoms with van der Waals surface area (Å²) < 4.78 is 0. The summed E-state index contributed by atoms with van der Waals surface area (Å²) in [5.41, 5.74) is 4.27. The molecular weight excluding hydrogens is 272 g/mol. The molecule has 0 fully saturated rings. The number of rotatable bonds is 5. The molecule has 0 N–H and O–H groups in total. The minimum absolute atomic E-state index is 0.0106. The maximum Gasteiger partial charge on any atom is 0.193 e. The second-order valence-corrected chi connectivity index (χ2v) is 6.23. The Kier molecular flexibility index (Phi) is 4.92. The van der Waals surface area contributed by atoms with Crippen LogP contribution in [0.5, 0.6) is 0 Å². The Morgan fingerprint density at radius 1 is 0.909 bits per heavy atom. The van der Waals surface area contributed by atoms with Crippen molar-refractivity contribution in [3.8, 4) is 0 Å². The molecule has 0 saturated heterocycles. The van der Waals surface area contributed by atoms with E-state index in [4.69, 9.17) is 0 Å². The predicted octanol–water partition coefficient (Wildman–Crippen LogP) is 4.98. The standard InChI is InChI=1S/C20H22O2/c1-13(2)17-9-10-18(19(11-17)14(3)4)20(22)16-7-5-15(12-21)6-8-16/h5-14H,1-4H3. The average Bonchev–Trinajstić information content (AvgIpc) is 2.53. The van der Waals surface area contributed by atoms with Crippen molar-refractivity contribution >= 4 is 12.1 Å². The van der Waals surface area contributed by atoms with Gasteiger partial charge in [0.1, 0.15) is 6.29 Å². The molecule has 2 nitrogen and oxygen atoms in total. The van der Waals surface area contributed by atoms with E-state index in [1.807, 2.05) is 12.1 Å². The van der Waals surface area contributed by atoms with Crippen LogP contribution in [0, 0.1) is 0 Å². The second-order valence-electron chi connectivity index (χ2n) is 6.23. The van der Waals surface area contributed by atoms with Gasteiger partial charge in [-0.05, 0) is 23.0 Å². The second kappa shape index (κ2) is 6.69. The van der Waals surface area contributed by atoms with Gasteiger partial charge in [-0.1, -0.05) is 70.2 Å². The van der Waals surface area contributed by atoms with Gasteiger partial charge in [-0.3, -0.25) is 9.59 Å². The van der Waals surface area contributed by atoms with Crippen molar-refractivity contribution in [3.63, 3.8) is 0 Å². The van der Waals surface area contributed by atoms with E-state index < -0.39 is 0 Å². The molecule has 0 bridgehead atoms. The van der Waals surface area contributed by atoms with Crippen LogP contribution < -0.4 is 0 Å². The summed E-state index contributed by atoms with van der Waals surface area (Å²) in [6.45, 7) is 8.51. The summed E-state index contributed by atoms with van der Waals surface area (Å²) in [4.78, 5) is 23.5. The molecule has 0 aliphatic carbocycles. The fourth-order valence-electron chi connectivity index (χ4n) is 2.49. The first-order chi connectivity index (χ1) is 10.4. The van der Waals surface area contributed by atoms with Gasteiger partial charge in [-0.2, -0.15) is 0 Å². The lowest BCUT2D eigenvalue weighted by molar-refractivity contribution is 0.103. The van der Waals surface area contributed by atoms with Gasteiger partial charge in [0.25, 0.3) is 0 Å². The molecule has 0 radical (unpaired) electrons. The number of carbonyl (C=O) groups is 2. The third-order valence-corrected chi connectivity index (χ3v) is 3.92. The number of hydrogen-bond donors (Lipinski definition) is 0. The highest BCUT2D eigenvalue weighted by atomic mass is 16.1. The number of carbonyl (C=O) groups excluding carboxylic acids is 2. The molecule has 22 heavy (non-hydrogen) atoms. The van der Waals surface area contributed by atoms with E-state index in [-0.39, 0.29) is 11.7 Å². The summed E-state index contributed by atoms with van der Waals surface area (Å²) in [5.74, 6) is 0.733. The van der Waals surface area contributed by atoms with Crippen LogP contribution in [0.2, 0.25) is 0 Å². The first kappa shape index (κ1) is 16.2. The smallest absolute Gasteiger partial charge is 0.193 e. The van der Waals surface area contributed by atoms with E-state index in [0.717, 1.165) is 17.4 Å². The number of ketones is 1. The summed E-state index contributed by atoms with van der Waals surface area (Å²) in [7, 11) is 0. The van der Waals surface area contributed by atoms with Gasteiger partial charge >= 0.3 is 0 Å². The van der Waals surface area contributed by atoms with Gasteiger partial charge in [0, 0.05) is 16.7 Å². The van der Waals surface area contributed by atoms with Crippen molar-refractivity contribution in [2.75, 3.05) is 0 Å². The highest BCUT2D eigenvalue weighted by molar-refractivity contribution is 6.10. The molecule has 2 heteroatoms. The van der Waals surface area contributed by atoms with Gasteiger partial charge < -0.3 is 0 Å². The van der Waals surface area contributed by atoms with Crippen LogP contribution in [-0.2, 0) is 0 Å². The predicted molar refractivity (Wildman–Crippen MR) is 89.9 cm³/mol. The highest BCUT2D eigenvalue weighted by Gasteiger charge is 2.17. The molecule has 0 spiro atoms. The molecule has 0 aliphatic rings. The van der Waals surface area contributed by atoms with Crippen molar-refractivity contribution in [2.45, 2.75) is 39.5 Å². The van der Waals surface area contributed by atoms with Crippen molar-refractivity contribution in [2.24, 2.45) is 0 Å². The Labute approximate surface area is 132 Å². The van der Waals surface area contributed by atoms with Crippen molar-refractivity contribution in [1.29, 1.82) is 0 Å². The monoisotopic (exact) mass is 294 g/mol. The van der Waals surface area contributed by atoms with Crippen LogP contribution in [0.15, 0.2) is 42.5 Å². The fraction of sp³-hybridized carbons (Fsp3) is 0.300. The molecule has 2 rings (SSSR count). The largest absolute Gasteiger partial charge is 0.298 e. The Balaban J connectivity index is 2.45. The van der Waals surface area contributed by atoms with Crippen molar-refractivity contribution < 1.29 is 9.59 Å². The lowest BCUT2D eigenvalue weighted by atomic mass is 9.88. The number of hydrogen-bond acceptors (Lipinski definition) is 2. The molecule has 0 aliphatic heterocycles. The van der Waals surface area contributed by atoms with Crippen LogP contribution in [0.3, 0.4) is 0 Å². The van der Waals surface area contributed by atoms with Crippen LogP contribution in [0.1, 0.15) is 76.9 Å². The zero-order chi connectivity index (χ0) is 16.3. The summed E-state index contributed by atoms with van der Waals surface area (Å²) in [6, 6.07) is 12.9. The van der Waals surface area contributed by atoms with Crippen LogP contribution in [0.25, 0.3) is 0 Å². The average molecular weight is 294 g/mol. The van der Waals surface area contributed by atoms with E-state index in [1.165, 1.54) is 5.56 Å². The van der Waals surface area contributed by atoms with Crippen LogP contribution >= 0.6 is 0 Å².